The van der Waals surface area contributed by atoms with Crippen molar-refractivity contribution in [3.8, 4) is 0 Å². The third-order valence-electron chi connectivity index (χ3n) is 4.11. The summed E-state index contributed by atoms with van der Waals surface area (Å²) < 4.78 is 0. The number of rotatable bonds is 3. The normalized spacial score (nSPS) is 12.2. The molecule has 0 aliphatic carbocycles. The molecule has 0 N–H and O–H groups in total. The van der Waals surface area contributed by atoms with Crippen LogP contribution in [0.2, 0.25) is 0 Å². The van der Waals surface area contributed by atoms with Crippen molar-refractivity contribution >= 4 is 23.4 Å². The Kier molecular flexibility index (Phi) is 4.36. The van der Waals surface area contributed by atoms with Crippen LogP contribution >= 0.6 is 12.6 Å². The fraction of sp³-hybridized carbons (Fsp3) is 0.333. The van der Waals surface area contributed by atoms with E-state index in [9.17, 15) is 0 Å². The van der Waals surface area contributed by atoms with Crippen molar-refractivity contribution in [1.29, 1.82) is 0 Å². The van der Waals surface area contributed by atoms with E-state index in [4.69, 9.17) is 0 Å². The van der Waals surface area contributed by atoms with Gasteiger partial charge in [0, 0.05) is 5.75 Å². The van der Waals surface area contributed by atoms with Crippen molar-refractivity contribution < 1.29 is 0 Å². The Morgan fingerprint density at radius 2 is 1.58 bits per heavy atom. The maximum Gasteiger partial charge on any atom is 0.0110 e. The van der Waals surface area contributed by atoms with Gasteiger partial charge in [0.2, 0.25) is 0 Å². The Balaban J connectivity index is 2.61. The number of fused-ring (bicyclic) bond motifs is 1. The Morgan fingerprint density at radius 1 is 1.00 bits per heavy atom. The van der Waals surface area contributed by atoms with Crippen LogP contribution in [0.25, 0.3) is 10.8 Å². The number of benzene rings is 2. The molecule has 0 heterocycles. The molecule has 0 aliphatic heterocycles. The first-order valence-corrected chi connectivity index (χ1v) is 7.43. The highest BCUT2D eigenvalue weighted by Gasteiger charge is 2.10. The van der Waals surface area contributed by atoms with Crippen molar-refractivity contribution in [3.05, 3.63) is 58.2 Å². The Morgan fingerprint density at radius 3 is 2.16 bits per heavy atom. The average Bonchev–Trinajstić information content (AvgIpc) is 2.44. The fourth-order valence-corrected chi connectivity index (χ4v) is 2.79. The summed E-state index contributed by atoms with van der Waals surface area (Å²) in [5.74, 6) is 0.838. The molecule has 0 unspecified atom stereocenters. The molecule has 0 aromatic heterocycles. The first-order valence-electron chi connectivity index (χ1n) is 6.80. The monoisotopic (exact) mass is 270 g/mol. The Labute approximate surface area is 121 Å². The lowest BCUT2D eigenvalue weighted by molar-refractivity contribution is 1.14. The van der Waals surface area contributed by atoms with Gasteiger partial charge in [0.25, 0.3) is 0 Å². The van der Waals surface area contributed by atoms with Crippen LogP contribution in [-0.4, -0.2) is 5.75 Å². The molecule has 2 rings (SSSR count). The van der Waals surface area contributed by atoms with E-state index in [1.807, 2.05) is 0 Å². The van der Waals surface area contributed by atoms with Gasteiger partial charge >= 0.3 is 0 Å². The highest BCUT2D eigenvalue weighted by atomic mass is 32.1. The van der Waals surface area contributed by atoms with Gasteiger partial charge in [0.05, 0.1) is 0 Å². The van der Waals surface area contributed by atoms with Crippen LogP contribution in [-0.2, 0) is 6.42 Å². The van der Waals surface area contributed by atoms with Gasteiger partial charge < -0.3 is 0 Å². The quantitative estimate of drug-likeness (QED) is 0.576. The third-order valence-corrected chi connectivity index (χ3v) is 4.61. The molecule has 1 heteroatoms. The lowest BCUT2D eigenvalue weighted by Crippen LogP contribution is -1.98. The molecule has 19 heavy (non-hydrogen) atoms. The molecule has 0 aliphatic rings. The summed E-state index contributed by atoms with van der Waals surface area (Å²) >= 11 is 4.32. The van der Waals surface area contributed by atoms with Crippen molar-refractivity contribution in [1.82, 2.24) is 0 Å². The lowest BCUT2D eigenvalue weighted by atomic mass is 9.89. The van der Waals surface area contributed by atoms with Gasteiger partial charge in [-0.1, -0.05) is 35.9 Å². The number of thiol groups is 1. The maximum atomic E-state index is 4.32. The summed E-state index contributed by atoms with van der Waals surface area (Å²) in [7, 11) is 0. The predicted octanol–water partition coefficient (Wildman–Crippen LogP) is 5.18. The zero-order chi connectivity index (χ0) is 14.0. The molecule has 0 spiro atoms. The molecule has 100 valence electrons. The van der Waals surface area contributed by atoms with Crippen LogP contribution in [0, 0.1) is 20.8 Å². The van der Waals surface area contributed by atoms with E-state index >= 15 is 0 Å². The molecule has 0 radical (unpaired) electrons. The minimum atomic E-state index is 0.838. The van der Waals surface area contributed by atoms with E-state index in [1.54, 1.807) is 0 Å². The minimum Gasteiger partial charge on any atom is -0.175 e. The standard InChI is InChI=1S/C18H22S/c1-12(11-19)9-10-16-13(2)14(3)17-7-5-6-8-18(17)15(16)4/h5-9,19H,10-11H2,1-4H3/b12-9+. The average molecular weight is 270 g/mol. The second-order valence-electron chi connectivity index (χ2n) is 5.31. The van der Waals surface area contributed by atoms with Crippen LogP contribution in [0.3, 0.4) is 0 Å². The van der Waals surface area contributed by atoms with Gasteiger partial charge in [-0.15, -0.1) is 0 Å². The molecular formula is C18H22S. The number of allylic oxidation sites excluding steroid dienone is 1. The summed E-state index contributed by atoms with van der Waals surface area (Å²) in [6.45, 7) is 8.86. The van der Waals surface area contributed by atoms with E-state index < -0.39 is 0 Å². The van der Waals surface area contributed by atoms with E-state index in [0.29, 0.717) is 0 Å². The van der Waals surface area contributed by atoms with Gasteiger partial charge in [-0.05, 0) is 67.1 Å². The highest BCUT2D eigenvalue weighted by Crippen LogP contribution is 2.29. The van der Waals surface area contributed by atoms with Crippen LogP contribution < -0.4 is 0 Å². The molecule has 0 bridgehead atoms. The first-order chi connectivity index (χ1) is 9.06. The van der Waals surface area contributed by atoms with Gasteiger partial charge in [-0.3, -0.25) is 0 Å². The second kappa shape index (κ2) is 5.83. The zero-order valence-corrected chi connectivity index (χ0v) is 13.1. The summed E-state index contributed by atoms with van der Waals surface area (Å²) in [6, 6.07) is 8.71. The molecule has 2 aromatic carbocycles. The number of hydrogen-bond acceptors (Lipinski definition) is 1. The predicted molar refractivity (Wildman–Crippen MR) is 89.5 cm³/mol. The minimum absolute atomic E-state index is 0.838. The number of hydrogen-bond donors (Lipinski definition) is 1. The molecule has 0 fully saturated rings. The van der Waals surface area contributed by atoms with E-state index in [-0.39, 0.29) is 0 Å². The van der Waals surface area contributed by atoms with E-state index in [2.05, 4.69) is 70.7 Å². The third kappa shape index (κ3) is 2.71. The molecule has 0 atom stereocenters. The maximum absolute atomic E-state index is 4.32. The summed E-state index contributed by atoms with van der Waals surface area (Å²) in [6.07, 6.45) is 3.31. The van der Waals surface area contributed by atoms with E-state index in [0.717, 1.165) is 12.2 Å². The van der Waals surface area contributed by atoms with Gasteiger partial charge in [-0.2, -0.15) is 12.6 Å². The molecule has 0 nitrogen and oxygen atoms in total. The van der Waals surface area contributed by atoms with Gasteiger partial charge in [0.15, 0.2) is 0 Å². The molecule has 0 saturated carbocycles. The lowest BCUT2D eigenvalue weighted by Gasteiger charge is -2.16. The smallest absolute Gasteiger partial charge is 0.0110 e. The van der Waals surface area contributed by atoms with Crippen LogP contribution in [0.15, 0.2) is 35.9 Å². The van der Waals surface area contributed by atoms with Crippen LogP contribution in [0.5, 0.6) is 0 Å². The molecule has 0 amide bonds. The molecule has 0 saturated heterocycles. The van der Waals surface area contributed by atoms with E-state index in [1.165, 1.54) is 38.6 Å². The van der Waals surface area contributed by atoms with Gasteiger partial charge in [-0.25, -0.2) is 0 Å². The topological polar surface area (TPSA) is 0 Å². The summed E-state index contributed by atoms with van der Waals surface area (Å²) in [4.78, 5) is 0. The van der Waals surface area contributed by atoms with Crippen molar-refractivity contribution in [3.63, 3.8) is 0 Å². The summed E-state index contributed by atoms with van der Waals surface area (Å²) in [5, 5.41) is 2.77. The Bertz CT molecular complexity index is 636. The van der Waals surface area contributed by atoms with Gasteiger partial charge in [0.1, 0.15) is 0 Å². The molecule has 2 aromatic rings. The Hall–Kier alpha value is -1.21. The fourth-order valence-electron chi connectivity index (χ4n) is 2.66. The highest BCUT2D eigenvalue weighted by molar-refractivity contribution is 7.80. The van der Waals surface area contributed by atoms with Crippen molar-refractivity contribution in [2.24, 2.45) is 0 Å². The number of aryl methyl sites for hydroxylation is 2. The van der Waals surface area contributed by atoms with Crippen LogP contribution in [0.1, 0.15) is 29.2 Å². The largest absolute Gasteiger partial charge is 0.175 e. The molecular weight excluding hydrogens is 248 g/mol. The van der Waals surface area contributed by atoms with Crippen molar-refractivity contribution in [2.45, 2.75) is 34.1 Å². The SMILES string of the molecule is C/C(=C\Cc1c(C)c(C)c2ccccc2c1C)CS. The first kappa shape index (κ1) is 14.2. The zero-order valence-electron chi connectivity index (χ0n) is 12.2. The second-order valence-corrected chi connectivity index (χ2v) is 5.63. The van der Waals surface area contributed by atoms with Crippen molar-refractivity contribution in [2.75, 3.05) is 5.75 Å². The van der Waals surface area contributed by atoms with Crippen LogP contribution in [0.4, 0.5) is 0 Å². The summed E-state index contributed by atoms with van der Waals surface area (Å²) in [5.41, 5.74) is 7.07.